The van der Waals surface area contributed by atoms with Crippen molar-refractivity contribution in [2.75, 3.05) is 20.2 Å². The number of hydrogen-bond acceptors (Lipinski definition) is 5. The van der Waals surface area contributed by atoms with E-state index in [4.69, 9.17) is 0 Å². The maximum Gasteiger partial charge on any atom is 0.418 e. The third-order valence-corrected chi connectivity index (χ3v) is 4.93. The van der Waals surface area contributed by atoms with Gasteiger partial charge in [0, 0.05) is 32.5 Å². The molecule has 2 saturated heterocycles. The van der Waals surface area contributed by atoms with E-state index >= 15 is 0 Å². The van der Waals surface area contributed by atoms with Gasteiger partial charge in [0.05, 0.1) is 6.04 Å². The summed E-state index contributed by atoms with van der Waals surface area (Å²) >= 11 is 0. The number of carbonyl (C=O) groups is 3. The summed E-state index contributed by atoms with van der Waals surface area (Å²) in [6, 6.07) is -2.60. The quantitative estimate of drug-likeness (QED) is 0.506. The van der Waals surface area contributed by atoms with Crippen LogP contribution < -0.4 is 16.0 Å². The number of nitrogens with one attached hydrogen (secondary N) is 3. The molecule has 0 aromatic heterocycles. The van der Waals surface area contributed by atoms with Gasteiger partial charge in [-0.2, -0.15) is 13.2 Å². The lowest BCUT2D eigenvalue weighted by Crippen LogP contribution is -2.50. The molecule has 2 aliphatic heterocycles. The average Bonchev–Trinajstić information content (AvgIpc) is 3.02. The van der Waals surface area contributed by atoms with Crippen LogP contribution in [0.25, 0.3) is 0 Å². The van der Waals surface area contributed by atoms with E-state index in [1.165, 1.54) is 0 Å². The number of ether oxygens (including phenoxy) is 1. The summed E-state index contributed by atoms with van der Waals surface area (Å²) in [5, 5.41) is 16.6. The molecule has 2 aliphatic rings. The van der Waals surface area contributed by atoms with Crippen LogP contribution in [0.2, 0.25) is 0 Å². The molecule has 2 fully saturated rings. The van der Waals surface area contributed by atoms with Crippen LogP contribution >= 0.6 is 0 Å². The molecule has 0 bridgehead atoms. The van der Waals surface area contributed by atoms with E-state index in [9.17, 15) is 32.7 Å². The van der Waals surface area contributed by atoms with Crippen molar-refractivity contribution in [3.05, 3.63) is 0 Å². The highest BCUT2D eigenvalue weighted by molar-refractivity contribution is 5.88. The molecule has 0 aromatic carbocycles. The summed E-state index contributed by atoms with van der Waals surface area (Å²) in [6.45, 7) is -0.0875. The molecular weight excluding hydrogens is 359 g/mol. The molecule has 0 aliphatic carbocycles. The van der Waals surface area contributed by atoms with Crippen LogP contribution in [0, 0.1) is 5.92 Å². The third-order valence-electron chi connectivity index (χ3n) is 4.93. The second kappa shape index (κ2) is 7.78. The first-order valence-electron chi connectivity index (χ1n) is 8.26. The van der Waals surface area contributed by atoms with Gasteiger partial charge in [-0.15, -0.1) is 0 Å². The Kier molecular flexibility index (Phi) is 6.12. The molecule has 0 radical (unpaired) electrons. The molecule has 0 aromatic rings. The van der Waals surface area contributed by atoms with Crippen molar-refractivity contribution < 1.29 is 37.4 Å². The second-order valence-corrected chi connectivity index (χ2v) is 6.60. The first-order chi connectivity index (χ1) is 12.1. The van der Waals surface area contributed by atoms with E-state index in [1.54, 1.807) is 0 Å². The van der Waals surface area contributed by atoms with Crippen molar-refractivity contribution in [1.29, 1.82) is 0 Å². The predicted octanol–water partition coefficient (Wildman–Crippen LogP) is -0.218. The number of methoxy groups -OCH3 is 1. The number of alkyl halides is 3. The number of halogens is 3. The maximum absolute atomic E-state index is 13.2. The molecule has 26 heavy (non-hydrogen) atoms. The van der Waals surface area contributed by atoms with Crippen molar-refractivity contribution in [1.82, 2.24) is 16.0 Å². The Morgan fingerprint density at radius 1 is 1.46 bits per heavy atom. The smallest absolute Gasteiger partial charge is 0.418 e. The standard InChI is InChI=1S/C15H22F3N3O5/c1-26-14(15(16,17)18)6-10(20-7-14)12(23)21-9(13(24)25)5-8-3-2-4-19-11(8)22/h8-10,20H,2-7H2,1H3,(H,19,22)(H,21,23)(H,24,25)/t8-,9?,10-,14-/m0/s1. The van der Waals surface area contributed by atoms with Gasteiger partial charge in [-0.05, 0) is 19.3 Å². The van der Waals surface area contributed by atoms with Crippen LogP contribution in [0.1, 0.15) is 25.7 Å². The molecule has 11 heteroatoms. The first kappa shape index (κ1) is 20.4. The van der Waals surface area contributed by atoms with Gasteiger partial charge in [0.1, 0.15) is 6.04 Å². The summed E-state index contributed by atoms with van der Waals surface area (Å²) in [5.41, 5.74) is -2.49. The maximum atomic E-state index is 13.2. The van der Waals surface area contributed by atoms with Gasteiger partial charge >= 0.3 is 12.1 Å². The number of carboxylic acid groups (broad SMARTS) is 1. The Labute approximate surface area is 147 Å². The Morgan fingerprint density at radius 2 is 2.15 bits per heavy atom. The molecule has 2 rings (SSSR count). The highest BCUT2D eigenvalue weighted by Crippen LogP contribution is 2.39. The van der Waals surface area contributed by atoms with Crippen molar-refractivity contribution >= 4 is 17.8 Å². The van der Waals surface area contributed by atoms with Crippen LogP contribution in [0.5, 0.6) is 0 Å². The van der Waals surface area contributed by atoms with Gasteiger partial charge in [0.15, 0.2) is 5.60 Å². The molecule has 4 N–H and O–H groups in total. The fraction of sp³-hybridized carbons (Fsp3) is 0.800. The Balaban J connectivity index is 2.00. The van der Waals surface area contributed by atoms with Crippen LogP contribution in [0.4, 0.5) is 13.2 Å². The normalized spacial score (nSPS) is 30.5. The molecule has 148 valence electrons. The van der Waals surface area contributed by atoms with E-state index in [1.807, 2.05) is 0 Å². The number of carbonyl (C=O) groups excluding carboxylic acids is 2. The minimum atomic E-state index is -4.67. The zero-order chi connectivity index (χ0) is 19.5. The Hall–Kier alpha value is -1.88. The van der Waals surface area contributed by atoms with Gasteiger partial charge in [0.2, 0.25) is 11.8 Å². The summed E-state index contributed by atoms with van der Waals surface area (Å²) in [6.07, 6.45) is -4.25. The van der Waals surface area contributed by atoms with Gasteiger partial charge in [0.25, 0.3) is 0 Å². The molecule has 2 amide bonds. The lowest BCUT2D eigenvalue weighted by atomic mass is 9.91. The summed E-state index contributed by atoms with van der Waals surface area (Å²) in [5.74, 6) is -3.05. The fourth-order valence-corrected chi connectivity index (χ4v) is 3.27. The number of hydrogen-bond donors (Lipinski definition) is 4. The van der Waals surface area contributed by atoms with Crippen molar-refractivity contribution in [2.45, 2.75) is 49.5 Å². The lowest BCUT2D eigenvalue weighted by Gasteiger charge is -2.29. The minimum Gasteiger partial charge on any atom is -0.480 e. The van der Waals surface area contributed by atoms with Crippen molar-refractivity contribution in [2.24, 2.45) is 5.92 Å². The molecule has 2 heterocycles. The molecule has 1 unspecified atom stereocenters. The first-order valence-corrected chi connectivity index (χ1v) is 8.26. The Bertz CT molecular complexity index is 571. The predicted molar refractivity (Wildman–Crippen MR) is 82.1 cm³/mol. The van der Waals surface area contributed by atoms with Gasteiger partial charge < -0.3 is 25.8 Å². The van der Waals surface area contributed by atoms with Crippen LogP contribution in [-0.2, 0) is 19.1 Å². The third kappa shape index (κ3) is 4.26. The minimum absolute atomic E-state index is 0.117. The zero-order valence-electron chi connectivity index (χ0n) is 14.2. The highest BCUT2D eigenvalue weighted by Gasteiger charge is 2.60. The summed E-state index contributed by atoms with van der Waals surface area (Å²) < 4.78 is 44.1. The lowest BCUT2D eigenvalue weighted by molar-refractivity contribution is -0.261. The molecular formula is C15H22F3N3O5. The highest BCUT2D eigenvalue weighted by atomic mass is 19.4. The number of aliphatic carboxylic acids is 1. The van der Waals surface area contributed by atoms with Crippen LogP contribution in [-0.4, -0.2) is 67.0 Å². The SMILES string of the molecule is CO[C@]1(C(F)(F)F)CN[C@H](C(=O)NC(C[C@@H]2CCCNC2=O)C(=O)O)C1. The van der Waals surface area contributed by atoms with Crippen molar-refractivity contribution in [3.8, 4) is 0 Å². The number of carboxylic acids is 1. The van der Waals surface area contributed by atoms with E-state index in [0.717, 1.165) is 7.11 Å². The average molecular weight is 381 g/mol. The van der Waals surface area contributed by atoms with E-state index in [0.29, 0.717) is 19.4 Å². The fourth-order valence-electron chi connectivity index (χ4n) is 3.27. The monoisotopic (exact) mass is 381 g/mol. The largest absolute Gasteiger partial charge is 0.480 e. The van der Waals surface area contributed by atoms with Gasteiger partial charge in [-0.3, -0.25) is 9.59 Å². The number of piperidine rings is 1. The topological polar surface area (TPSA) is 117 Å². The number of amides is 2. The molecule has 0 saturated carbocycles. The van der Waals surface area contributed by atoms with Crippen molar-refractivity contribution in [3.63, 3.8) is 0 Å². The van der Waals surface area contributed by atoms with E-state index in [2.05, 4.69) is 20.7 Å². The Morgan fingerprint density at radius 3 is 2.65 bits per heavy atom. The van der Waals surface area contributed by atoms with Crippen LogP contribution in [0.3, 0.4) is 0 Å². The molecule has 4 atom stereocenters. The van der Waals surface area contributed by atoms with Gasteiger partial charge in [-0.1, -0.05) is 0 Å². The molecule has 8 nitrogen and oxygen atoms in total. The van der Waals surface area contributed by atoms with E-state index in [-0.39, 0.29) is 12.3 Å². The zero-order valence-corrected chi connectivity index (χ0v) is 14.2. The second-order valence-electron chi connectivity index (χ2n) is 6.60. The number of rotatable bonds is 6. The van der Waals surface area contributed by atoms with E-state index < -0.39 is 54.6 Å². The summed E-state index contributed by atoms with van der Waals surface area (Å²) in [7, 11) is 0.914. The van der Waals surface area contributed by atoms with Gasteiger partial charge in [-0.25, -0.2) is 4.79 Å². The molecule has 0 spiro atoms. The summed E-state index contributed by atoms with van der Waals surface area (Å²) in [4.78, 5) is 35.4. The van der Waals surface area contributed by atoms with Crippen LogP contribution in [0.15, 0.2) is 0 Å².